The van der Waals surface area contributed by atoms with E-state index < -0.39 is 0 Å². The van der Waals surface area contributed by atoms with Crippen LogP contribution in [0.5, 0.6) is 5.75 Å². The fraction of sp³-hybridized carbons (Fsp3) is 0.400. The molecule has 0 radical (unpaired) electrons. The van der Waals surface area contributed by atoms with Crippen LogP contribution in [0.15, 0.2) is 48.5 Å². The number of ether oxygens (including phenoxy) is 1. The summed E-state index contributed by atoms with van der Waals surface area (Å²) in [4.78, 5) is 2.45. The maximum absolute atomic E-state index is 5.68. The van der Waals surface area contributed by atoms with Crippen molar-refractivity contribution in [3.05, 3.63) is 65.2 Å². The Kier molecular flexibility index (Phi) is 4.49. The number of nitrogens with zero attached hydrogens (tertiary/aromatic N) is 1. The first-order valence-electron chi connectivity index (χ1n) is 8.16. The van der Waals surface area contributed by atoms with Crippen LogP contribution in [0.2, 0.25) is 0 Å². The first-order valence-corrected chi connectivity index (χ1v) is 8.16. The van der Waals surface area contributed by atoms with Crippen molar-refractivity contribution < 1.29 is 4.74 Å². The van der Waals surface area contributed by atoms with Gasteiger partial charge in [-0.2, -0.15) is 0 Å². The molecule has 0 amide bonds. The lowest BCUT2D eigenvalue weighted by Gasteiger charge is -2.31. The summed E-state index contributed by atoms with van der Waals surface area (Å²) in [7, 11) is 2.21. The fourth-order valence-corrected chi connectivity index (χ4v) is 3.17. The van der Waals surface area contributed by atoms with E-state index in [1.54, 1.807) is 0 Å². The molecule has 0 aliphatic carbocycles. The van der Waals surface area contributed by atoms with Gasteiger partial charge in [0.2, 0.25) is 0 Å². The van der Waals surface area contributed by atoms with E-state index in [-0.39, 0.29) is 0 Å². The Bertz CT molecular complexity index is 623. The van der Waals surface area contributed by atoms with E-state index in [0.717, 1.165) is 25.2 Å². The number of benzene rings is 2. The summed E-state index contributed by atoms with van der Waals surface area (Å²) in [6, 6.07) is 18.3. The van der Waals surface area contributed by atoms with Crippen molar-refractivity contribution in [2.75, 3.05) is 13.7 Å². The second-order valence-corrected chi connectivity index (χ2v) is 6.35. The Morgan fingerprint density at radius 1 is 1.09 bits per heavy atom. The van der Waals surface area contributed by atoms with Crippen LogP contribution in [-0.2, 0) is 12.8 Å². The molecule has 2 aromatic carbocycles. The predicted molar refractivity (Wildman–Crippen MR) is 91.4 cm³/mol. The maximum atomic E-state index is 5.68. The number of fused-ring (bicyclic) bond motifs is 1. The van der Waals surface area contributed by atoms with Crippen molar-refractivity contribution >= 4 is 0 Å². The number of hydrogen-bond acceptors (Lipinski definition) is 2. The molecule has 2 atom stereocenters. The lowest BCUT2D eigenvalue weighted by molar-refractivity contribution is 0.196. The molecule has 2 nitrogen and oxygen atoms in total. The average Bonchev–Trinajstić information content (AvgIpc) is 3.02. The van der Waals surface area contributed by atoms with Crippen molar-refractivity contribution in [1.29, 1.82) is 0 Å². The summed E-state index contributed by atoms with van der Waals surface area (Å²) >= 11 is 0. The van der Waals surface area contributed by atoms with Crippen LogP contribution in [0.25, 0.3) is 0 Å². The van der Waals surface area contributed by atoms with E-state index in [4.69, 9.17) is 4.74 Å². The van der Waals surface area contributed by atoms with Crippen LogP contribution in [-0.4, -0.2) is 24.6 Å². The molecule has 22 heavy (non-hydrogen) atoms. The molecular formula is C20H25NO. The monoisotopic (exact) mass is 295 g/mol. The van der Waals surface area contributed by atoms with Crippen LogP contribution >= 0.6 is 0 Å². The van der Waals surface area contributed by atoms with Crippen molar-refractivity contribution in [2.45, 2.75) is 38.8 Å². The molecule has 3 rings (SSSR count). The number of likely N-dealkylation sites (N-methyl/N-ethyl adjacent to an activating group) is 1. The molecule has 0 unspecified atom stereocenters. The van der Waals surface area contributed by atoms with Gasteiger partial charge in [-0.1, -0.05) is 42.5 Å². The van der Waals surface area contributed by atoms with Gasteiger partial charge in [0.25, 0.3) is 0 Å². The molecule has 1 aliphatic heterocycles. The highest BCUT2D eigenvalue weighted by Crippen LogP contribution is 2.28. The SMILES string of the molecule is C[C@H](Cc1ccc2c(c1)OCC2)N(C)[C@H](C)c1ccccc1. The summed E-state index contributed by atoms with van der Waals surface area (Å²) in [5.41, 5.74) is 4.08. The van der Waals surface area contributed by atoms with Crippen molar-refractivity contribution in [1.82, 2.24) is 4.90 Å². The van der Waals surface area contributed by atoms with E-state index in [1.165, 1.54) is 16.7 Å². The highest BCUT2D eigenvalue weighted by Gasteiger charge is 2.19. The fourth-order valence-electron chi connectivity index (χ4n) is 3.17. The van der Waals surface area contributed by atoms with Gasteiger partial charge in [-0.15, -0.1) is 0 Å². The van der Waals surface area contributed by atoms with Gasteiger partial charge in [-0.05, 0) is 50.1 Å². The zero-order chi connectivity index (χ0) is 15.5. The van der Waals surface area contributed by atoms with E-state index >= 15 is 0 Å². The van der Waals surface area contributed by atoms with E-state index in [1.807, 2.05) is 0 Å². The smallest absolute Gasteiger partial charge is 0.122 e. The zero-order valence-electron chi connectivity index (χ0n) is 13.8. The van der Waals surface area contributed by atoms with Crippen LogP contribution in [0.4, 0.5) is 0 Å². The number of hydrogen-bond donors (Lipinski definition) is 0. The van der Waals surface area contributed by atoms with Gasteiger partial charge in [-0.25, -0.2) is 0 Å². The zero-order valence-corrected chi connectivity index (χ0v) is 13.8. The Balaban J connectivity index is 1.67. The topological polar surface area (TPSA) is 12.5 Å². The van der Waals surface area contributed by atoms with Crippen LogP contribution < -0.4 is 4.74 Å². The lowest BCUT2D eigenvalue weighted by Crippen LogP contribution is -2.33. The number of rotatable bonds is 5. The Morgan fingerprint density at radius 2 is 1.86 bits per heavy atom. The van der Waals surface area contributed by atoms with Crippen molar-refractivity contribution in [3.63, 3.8) is 0 Å². The van der Waals surface area contributed by atoms with Crippen LogP contribution in [0.3, 0.4) is 0 Å². The molecule has 116 valence electrons. The van der Waals surface area contributed by atoms with Crippen molar-refractivity contribution in [2.24, 2.45) is 0 Å². The highest BCUT2D eigenvalue weighted by molar-refractivity contribution is 5.40. The van der Waals surface area contributed by atoms with E-state index in [9.17, 15) is 0 Å². The van der Waals surface area contributed by atoms with Gasteiger partial charge in [0.15, 0.2) is 0 Å². The third-order valence-electron chi connectivity index (χ3n) is 4.88. The summed E-state index contributed by atoms with van der Waals surface area (Å²) in [5.74, 6) is 1.09. The third-order valence-corrected chi connectivity index (χ3v) is 4.88. The molecular weight excluding hydrogens is 270 g/mol. The van der Waals surface area contributed by atoms with Gasteiger partial charge >= 0.3 is 0 Å². The minimum absolute atomic E-state index is 0.418. The highest BCUT2D eigenvalue weighted by atomic mass is 16.5. The molecule has 1 heterocycles. The Hall–Kier alpha value is -1.80. The lowest BCUT2D eigenvalue weighted by atomic mass is 10.0. The molecule has 0 spiro atoms. The quantitative estimate of drug-likeness (QED) is 0.818. The van der Waals surface area contributed by atoms with E-state index in [2.05, 4.69) is 74.3 Å². The van der Waals surface area contributed by atoms with Crippen LogP contribution in [0.1, 0.15) is 36.6 Å². The molecule has 1 aliphatic rings. The average molecular weight is 295 g/mol. The maximum Gasteiger partial charge on any atom is 0.122 e. The van der Waals surface area contributed by atoms with E-state index in [0.29, 0.717) is 12.1 Å². The minimum atomic E-state index is 0.418. The van der Waals surface area contributed by atoms with Gasteiger partial charge in [0.1, 0.15) is 5.75 Å². The Labute approximate surface area is 133 Å². The summed E-state index contributed by atoms with van der Waals surface area (Å²) in [6.45, 7) is 5.41. The molecule has 0 saturated carbocycles. The standard InChI is InChI=1S/C20H25NO/c1-15(21(3)16(2)18-7-5-4-6-8-18)13-17-9-10-19-11-12-22-20(19)14-17/h4-10,14-16H,11-13H2,1-3H3/t15-,16-/m1/s1. The molecule has 0 aromatic heterocycles. The Morgan fingerprint density at radius 3 is 2.64 bits per heavy atom. The molecule has 0 N–H and O–H groups in total. The summed E-state index contributed by atoms with van der Waals surface area (Å²) in [5, 5.41) is 0. The summed E-state index contributed by atoms with van der Waals surface area (Å²) in [6.07, 6.45) is 2.10. The molecule has 0 bridgehead atoms. The second-order valence-electron chi connectivity index (χ2n) is 6.35. The van der Waals surface area contributed by atoms with Crippen molar-refractivity contribution in [3.8, 4) is 5.75 Å². The first-order chi connectivity index (χ1) is 10.6. The van der Waals surface area contributed by atoms with Crippen LogP contribution in [0, 0.1) is 0 Å². The van der Waals surface area contributed by atoms with Gasteiger partial charge in [0.05, 0.1) is 6.61 Å². The predicted octanol–water partition coefficient (Wildman–Crippen LogP) is 4.25. The third kappa shape index (κ3) is 3.17. The summed E-state index contributed by atoms with van der Waals surface area (Å²) < 4.78 is 5.68. The first kappa shape index (κ1) is 15.1. The molecule has 2 heteroatoms. The molecule has 0 fully saturated rings. The largest absolute Gasteiger partial charge is 0.493 e. The molecule has 2 aromatic rings. The minimum Gasteiger partial charge on any atom is -0.493 e. The normalized spacial score (nSPS) is 16.2. The van der Waals surface area contributed by atoms with Gasteiger partial charge < -0.3 is 4.74 Å². The molecule has 0 saturated heterocycles. The van der Waals surface area contributed by atoms with Gasteiger partial charge in [-0.3, -0.25) is 4.90 Å². The van der Waals surface area contributed by atoms with Gasteiger partial charge in [0, 0.05) is 18.5 Å². The second kappa shape index (κ2) is 6.53.